The van der Waals surface area contributed by atoms with Crippen molar-refractivity contribution in [1.29, 1.82) is 0 Å². The van der Waals surface area contributed by atoms with E-state index in [0.29, 0.717) is 47.8 Å². The van der Waals surface area contributed by atoms with Crippen LogP contribution in [0.25, 0.3) is 0 Å². The quantitative estimate of drug-likeness (QED) is 0.113. The van der Waals surface area contributed by atoms with E-state index >= 15 is 0 Å². The van der Waals surface area contributed by atoms with Gasteiger partial charge in [-0.3, -0.25) is 19.2 Å². The van der Waals surface area contributed by atoms with Gasteiger partial charge >= 0.3 is 0 Å². The Hall–Kier alpha value is -5.63. The van der Waals surface area contributed by atoms with E-state index in [4.69, 9.17) is 9.47 Å². The molecule has 54 heavy (non-hydrogen) atoms. The zero-order valence-corrected chi connectivity index (χ0v) is 32.1. The van der Waals surface area contributed by atoms with Crippen LogP contribution in [-0.2, 0) is 25.3 Å². The third-order valence-corrected chi connectivity index (χ3v) is 10.1. The number of hydrogen-bond donors (Lipinski definition) is 3. The van der Waals surface area contributed by atoms with Gasteiger partial charge in [0.15, 0.2) is 23.1 Å². The Bertz CT molecular complexity index is 2070. The minimum Gasteiger partial charge on any atom is -0.493 e. The van der Waals surface area contributed by atoms with Gasteiger partial charge in [0.05, 0.1) is 42.4 Å². The van der Waals surface area contributed by atoms with Crippen molar-refractivity contribution in [2.75, 3.05) is 61.3 Å². The Morgan fingerprint density at radius 3 is 2.50 bits per heavy atom. The highest BCUT2D eigenvalue weighted by atomic mass is 16.5. The first-order valence-corrected chi connectivity index (χ1v) is 18.2. The fourth-order valence-electron chi connectivity index (χ4n) is 7.34. The lowest BCUT2D eigenvalue weighted by atomic mass is 9.86. The van der Waals surface area contributed by atoms with Gasteiger partial charge in [0.1, 0.15) is 0 Å². The first kappa shape index (κ1) is 38.1. The van der Waals surface area contributed by atoms with Gasteiger partial charge in [-0.15, -0.1) is 0 Å². The Morgan fingerprint density at radius 1 is 0.963 bits per heavy atom. The van der Waals surface area contributed by atoms with Crippen molar-refractivity contribution in [3.05, 3.63) is 77.5 Å². The number of aryl methyl sites for hydroxylation is 2. The van der Waals surface area contributed by atoms with E-state index in [1.165, 1.54) is 17.2 Å². The summed E-state index contributed by atoms with van der Waals surface area (Å²) in [4.78, 5) is 61.1. The Morgan fingerprint density at radius 2 is 1.74 bits per heavy atom. The summed E-state index contributed by atoms with van der Waals surface area (Å²) >= 11 is 0. The number of nitrogens with one attached hydrogen (secondary N) is 3. The van der Waals surface area contributed by atoms with Crippen LogP contribution in [0.4, 0.5) is 22.9 Å². The summed E-state index contributed by atoms with van der Waals surface area (Å²) in [6.07, 6.45) is 5.73. The normalized spacial score (nSPS) is 14.9. The Kier molecular flexibility index (Phi) is 11.1. The molecule has 6 rings (SSSR count). The summed E-state index contributed by atoms with van der Waals surface area (Å²) in [6.45, 7) is 5.94. The smallest absolute Gasteiger partial charge is 0.291 e. The highest BCUT2D eigenvalue weighted by Gasteiger charge is 2.39. The Balaban J connectivity index is 1.01. The maximum absolute atomic E-state index is 13.8. The number of hydrogen-bond acceptors (Lipinski definition) is 9. The number of anilines is 4. The molecular formula is C40H50N8O6. The van der Waals surface area contributed by atoms with E-state index in [2.05, 4.69) is 45.7 Å². The molecule has 3 N–H and O–H groups in total. The number of rotatable bonds is 15. The number of likely N-dealkylation sites (N-methyl/N-ethyl adjacent to an activating group) is 1. The molecule has 0 saturated carbocycles. The number of para-hydroxylation sites is 1. The van der Waals surface area contributed by atoms with Crippen molar-refractivity contribution in [2.24, 2.45) is 19.5 Å². The van der Waals surface area contributed by atoms with Crippen LogP contribution in [0.2, 0.25) is 0 Å². The van der Waals surface area contributed by atoms with E-state index in [-0.39, 0.29) is 53.7 Å². The number of carbonyl (C=O) groups is 4. The molecule has 0 fully saturated rings. The van der Waals surface area contributed by atoms with Crippen molar-refractivity contribution in [3.8, 4) is 11.5 Å². The van der Waals surface area contributed by atoms with Crippen molar-refractivity contribution in [2.45, 2.75) is 52.0 Å². The van der Waals surface area contributed by atoms with Gasteiger partial charge in [0.25, 0.3) is 11.8 Å². The van der Waals surface area contributed by atoms with E-state index in [0.717, 1.165) is 30.8 Å². The molecule has 4 heterocycles. The second-order valence-electron chi connectivity index (χ2n) is 14.9. The summed E-state index contributed by atoms with van der Waals surface area (Å²) in [5, 5.41) is 8.74. The number of methoxy groups -OCH3 is 1. The second-order valence-corrected chi connectivity index (χ2v) is 14.9. The molecule has 14 nitrogen and oxygen atoms in total. The fourth-order valence-corrected chi connectivity index (χ4v) is 7.34. The molecule has 0 saturated heterocycles. The molecule has 4 aromatic rings. The van der Waals surface area contributed by atoms with Gasteiger partial charge in [-0.05, 0) is 62.0 Å². The van der Waals surface area contributed by atoms with Gasteiger partial charge in [-0.2, -0.15) is 0 Å². The SMILES string of the molecule is CNCC(C)(C)CCC(=O)c1cc(NC(=O)c2nc(NC(=O)CCCOc3cc4c(cc3OC)C(=O)N3c5ccccc5C[C@H]3CN4C)cn2C)cn1C. The van der Waals surface area contributed by atoms with Crippen molar-refractivity contribution in [1.82, 2.24) is 19.4 Å². The van der Waals surface area contributed by atoms with Crippen LogP contribution in [-0.4, -0.2) is 84.6 Å². The van der Waals surface area contributed by atoms with Crippen LogP contribution in [0.15, 0.2) is 54.9 Å². The first-order chi connectivity index (χ1) is 25.8. The molecule has 1 atom stereocenters. The number of amides is 3. The number of ether oxygens (including phenoxy) is 2. The van der Waals surface area contributed by atoms with Crippen LogP contribution in [0.1, 0.15) is 76.6 Å². The molecule has 0 unspecified atom stereocenters. The van der Waals surface area contributed by atoms with E-state index in [1.807, 2.05) is 43.3 Å². The highest BCUT2D eigenvalue weighted by molar-refractivity contribution is 6.12. The predicted molar refractivity (Wildman–Crippen MR) is 208 cm³/mol. The molecule has 2 aliphatic heterocycles. The summed E-state index contributed by atoms with van der Waals surface area (Å²) in [5.74, 6) is 0.440. The summed E-state index contributed by atoms with van der Waals surface area (Å²) in [6, 6.07) is 13.3. The molecule has 0 spiro atoms. The lowest BCUT2D eigenvalue weighted by molar-refractivity contribution is -0.116. The highest BCUT2D eigenvalue weighted by Crippen LogP contribution is 2.42. The summed E-state index contributed by atoms with van der Waals surface area (Å²) in [7, 11) is 8.85. The topological polar surface area (TPSA) is 152 Å². The van der Waals surface area contributed by atoms with Crippen LogP contribution < -0.4 is 35.2 Å². The van der Waals surface area contributed by atoms with Gasteiger partial charge in [-0.25, -0.2) is 4.98 Å². The fraction of sp³-hybridized carbons (Fsp3) is 0.425. The third kappa shape index (κ3) is 8.13. The van der Waals surface area contributed by atoms with Crippen molar-refractivity contribution < 1.29 is 28.7 Å². The molecule has 2 aromatic carbocycles. The number of imidazole rings is 1. The number of Topliss-reactive ketones (excluding diaryl/α,β-unsaturated/α-hetero) is 1. The largest absolute Gasteiger partial charge is 0.493 e. The summed E-state index contributed by atoms with van der Waals surface area (Å²) < 4.78 is 15.0. The zero-order valence-electron chi connectivity index (χ0n) is 32.1. The number of fused-ring (bicyclic) bond motifs is 4. The van der Waals surface area contributed by atoms with Crippen LogP contribution >= 0.6 is 0 Å². The molecule has 3 amide bonds. The molecule has 0 aliphatic carbocycles. The molecule has 2 aromatic heterocycles. The van der Waals surface area contributed by atoms with E-state index in [1.54, 1.807) is 43.2 Å². The third-order valence-electron chi connectivity index (χ3n) is 10.1. The molecule has 2 aliphatic rings. The number of ketones is 1. The van der Waals surface area contributed by atoms with Crippen molar-refractivity contribution in [3.63, 3.8) is 0 Å². The van der Waals surface area contributed by atoms with Crippen molar-refractivity contribution >= 4 is 46.4 Å². The molecule has 0 radical (unpaired) electrons. The minimum atomic E-state index is -0.474. The van der Waals surface area contributed by atoms with E-state index < -0.39 is 5.91 Å². The predicted octanol–water partition coefficient (Wildman–Crippen LogP) is 5.05. The van der Waals surface area contributed by atoms with Gasteiger partial charge in [0, 0.05) is 64.7 Å². The number of benzene rings is 2. The zero-order chi connectivity index (χ0) is 38.7. The lowest BCUT2D eigenvalue weighted by Gasteiger charge is -2.25. The number of carbonyl (C=O) groups excluding carboxylic acids is 4. The monoisotopic (exact) mass is 738 g/mol. The lowest BCUT2D eigenvalue weighted by Crippen LogP contribution is -2.41. The molecular weight excluding hydrogens is 688 g/mol. The minimum absolute atomic E-state index is 0.00272. The first-order valence-electron chi connectivity index (χ1n) is 18.2. The average molecular weight is 739 g/mol. The Labute approximate surface area is 315 Å². The summed E-state index contributed by atoms with van der Waals surface area (Å²) in [5.41, 5.74) is 4.39. The standard InChI is InChI=1S/C40H50N8O6/c1-40(2,24-41-3)15-14-32(49)31-18-26(21-45(31)4)42-38(51)37-44-35(23-47(37)6)43-36(50)13-10-16-54-34-20-30-28(19-33(34)53-7)39(52)48-27(22-46(30)5)17-25-11-8-9-12-29(25)48/h8-9,11-12,18-21,23,27,41H,10,13-17,22,24H2,1-7H3,(H,42,51)(H,43,50)/t27-/m0/s1. The van der Waals surface area contributed by atoms with Gasteiger partial charge in [0.2, 0.25) is 11.7 Å². The van der Waals surface area contributed by atoms with Crippen LogP contribution in [0, 0.1) is 5.41 Å². The van der Waals surface area contributed by atoms with E-state index in [9.17, 15) is 19.2 Å². The number of aromatic nitrogens is 3. The molecule has 0 bridgehead atoms. The average Bonchev–Trinajstić information content (AvgIpc) is 3.79. The van der Waals surface area contributed by atoms with Gasteiger partial charge < -0.3 is 44.4 Å². The van der Waals surface area contributed by atoms with Gasteiger partial charge in [-0.1, -0.05) is 32.0 Å². The maximum Gasteiger partial charge on any atom is 0.291 e. The number of nitrogens with zero attached hydrogens (tertiary/aromatic N) is 5. The van der Waals surface area contributed by atoms with Crippen LogP contribution in [0.3, 0.4) is 0 Å². The second kappa shape index (κ2) is 15.8. The molecule has 14 heteroatoms. The maximum atomic E-state index is 13.8. The van der Waals surface area contributed by atoms with Crippen LogP contribution in [0.5, 0.6) is 11.5 Å². The molecule has 286 valence electrons.